The van der Waals surface area contributed by atoms with Gasteiger partial charge >= 0.3 is 0 Å². The van der Waals surface area contributed by atoms with Crippen molar-refractivity contribution in [3.05, 3.63) is 59.9 Å². The van der Waals surface area contributed by atoms with Gasteiger partial charge in [0, 0.05) is 11.8 Å². The van der Waals surface area contributed by atoms with Crippen LogP contribution in [0, 0.1) is 0 Å². The van der Waals surface area contributed by atoms with Gasteiger partial charge in [0.15, 0.2) is 16.7 Å². The molecule has 8 nitrogen and oxygen atoms in total. The number of benzene rings is 2. The number of likely N-dealkylation sites (tertiary alicyclic amines) is 1. The van der Waals surface area contributed by atoms with Gasteiger partial charge in [0.25, 0.3) is 0 Å². The molecule has 0 aliphatic carbocycles. The number of aromatic nitrogens is 3. The summed E-state index contributed by atoms with van der Waals surface area (Å²) in [5.41, 5.74) is 1.86. The first-order valence-electron chi connectivity index (χ1n) is 11.7. The summed E-state index contributed by atoms with van der Waals surface area (Å²) in [6.45, 7) is 5.73. The number of amides is 1. The fraction of sp³-hybridized carbons (Fsp3) is 0.400. The van der Waals surface area contributed by atoms with Crippen LogP contribution in [0.25, 0.3) is 0 Å². The molecule has 1 aromatic heterocycles. The lowest BCUT2D eigenvalue weighted by Gasteiger charge is -2.26. The van der Waals surface area contributed by atoms with Gasteiger partial charge in [-0.3, -0.25) is 9.69 Å². The molecule has 2 aliphatic heterocycles. The van der Waals surface area contributed by atoms with Gasteiger partial charge in [0.05, 0.1) is 18.3 Å². The summed E-state index contributed by atoms with van der Waals surface area (Å²) in [6.07, 6.45) is 3.75. The minimum atomic E-state index is -0.355. The Kier molecular flexibility index (Phi) is 7.01. The summed E-state index contributed by atoms with van der Waals surface area (Å²) in [5, 5.41) is 12.4. The van der Waals surface area contributed by atoms with Crippen LogP contribution in [-0.2, 0) is 17.9 Å². The second-order valence-corrected chi connectivity index (χ2v) is 9.93. The Morgan fingerprint density at radius 3 is 2.65 bits per heavy atom. The van der Waals surface area contributed by atoms with Crippen molar-refractivity contribution in [1.82, 2.24) is 19.7 Å². The number of carbonyl (C=O) groups is 1. The van der Waals surface area contributed by atoms with Crippen LogP contribution >= 0.6 is 11.8 Å². The molecule has 1 N–H and O–H groups in total. The Morgan fingerprint density at radius 1 is 1.03 bits per heavy atom. The number of thioether (sulfide) groups is 1. The zero-order chi connectivity index (χ0) is 23.3. The average molecular weight is 480 g/mol. The molecule has 3 heterocycles. The van der Waals surface area contributed by atoms with Gasteiger partial charge in [-0.2, -0.15) is 0 Å². The molecule has 178 valence electrons. The van der Waals surface area contributed by atoms with E-state index in [2.05, 4.69) is 37.1 Å². The zero-order valence-electron chi connectivity index (χ0n) is 19.3. The lowest BCUT2D eigenvalue weighted by atomic mass is 10.1. The molecule has 1 fully saturated rings. The number of piperidine rings is 1. The SMILES string of the molecule is C[C@@H](Sc1nnc(CN2CCCCC2)n1Cc1ccccc1)C(=O)Nc1ccc2c(c1)OCO2. The lowest BCUT2D eigenvalue weighted by molar-refractivity contribution is -0.115. The highest BCUT2D eigenvalue weighted by molar-refractivity contribution is 8.00. The summed E-state index contributed by atoms with van der Waals surface area (Å²) < 4.78 is 12.9. The minimum absolute atomic E-state index is 0.101. The Hall–Kier alpha value is -3.04. The highest BCUT2D eigenvalue weighted by atomic mass is 32.2. The minimum Gasteiger partial charge on any atom is -0.454 e. The van der Waals surface area contributed by atoms with Crippen LogP contribution in [0.15, 0.2) is 53.7 Å². The largest absolute Gasteiger partial charge is 0.454 e. The third-order valence-electron chi connectivity index (χ3n) is 6.08. The fourth-order valence-corrected chi connectivity index (χ4v) is 5.06. The van der Waals surface area contributed by atoms with E-state index in [4.69, 9.17) is 9.47 Å². The second-order valence-electron chi connectivity index (χ2n) is 8.62. The van der Waals surface area contributed by atoms with Gasteiger partial charge < -0.3 is 19.4 Å². The molecular weight excluding hydrogens is 450 g/mol. The third-order valence-corrected chi connectivity index (χ3v) is 7.16. The van der Waals surface area contributed by atoms with Crippen molar-refractivity contribution in [2.24, 2.45) is 0 Å². The Morgan fingerprint density at radius 2 is 1.82 bits per heavy atom. The van der Waals surface area contributed by atoms with Crippen LogP contribution in [0.3, 0.4) is 0 Å². The molecule has 0 saturated carbocycles. The maximum atomic E-state index is 12.9. The van der Waals surface area contributed by atoms with Crippen LogP contribution < -0.4 is 14.8 Å². The predicted octanol–water partition coefficient (Wildman–Crippen LogP) is 4.16. The van der Waals surface area contributed by atoms with Crippen LogP contribution in [0.2, 0.25) is 0 Å². The first-order chi connectivity index (χ1) is 16.7. The number of ether oxygens (including phenoxy) is 2. The van der Waals surface area contributed by atoms with E-state index in [1.165, 1.54) is 36.6 Å². The second kappa shape index (κ2) is 10.5. The Balaban J connectivity index is 1.30. The van der Waals surface area contributed by atoms with Gasteiger partial charge in [-0.05, 0) is 50.6 Å². The van der Waals surface area contributed by atoms with E-state index in [9.17, 15) is 4.79 Å². The van der Waals surface area contributed by atoms with E-state index < -0.39 is 0 Å². The monoisotopic (exact) mass is 479 g/mol. The summed E-state index contributed by atoms with van der Waals surface area (Å²) in [7, 11) is 0. The lowest BCUT2D eigenvalue weighted by Crippen LogP contribution is -2.30. The highest BCUT2D eigenvalue weighted by Crippen LogP contribution is 2.34. The van der Waals surface area contributed by atoms with E-state index >= 15 is 0 Å². The highest BCUT2D eigenvalue weighted by Gasteiger charge is 2.23. The van der Waals surface area contributed by atoms with Gasteiger partial charge in [-0.1, -0.05) is 48.5 Å². The maximum absolute atomic E-state index is 12.9. The van der Waals surface area contributed by atoms with E-state index in [-0.39, 0.29) is 18.0 Å². The third kappa shape index (κ3) is 5.37. The van der Waals surface area contributed by atoms with Gasteiger partial charge in [0.2, 0.25) is 12.7 Å². The molecule has 3 aromatic rings. The van der Waals surface area contributed by atoms with E-state index in [1.807, 2.05) is 31.2 Å². The van der Waals surface area contributed by atoms with Gasteiger partial charge in [0.1, 0.15) is 5.82 Å². The maximum Gasteiger partial charge on any atom is 0.237 e. The first-order valence-corrected chi connectivity index (χ1v) is 12.6. The molecule has 2 aliphatic rings. The number of rotatable bonds is 8. The van der Waals surface area contributed by atoms with Crippen LogP contribution in [-0.4, -0.2) is 50.7 Å². The van der Waals surface area contributed by atoms with Crippen molar-refractivity contribution in [2.45, 2.75) is 49.7 Å². The van der Waals surface area contributed by atoms with E-state index in [1.54, 1.807) is 12.1 Å². The normalized spacial score (nSPS) is 16.4. The van der Waals surface area contributed by atoms with Crippen LogP contribution in [0.4, 0.5) is 5.69 Å². The topological polar surface area (TPSA) is 81.5 Å². The molecule has 1 atom stereocenters. The number of anilines is 1. The number of carbonyl (C=O) groups excluding carboxylic acids is 1. The van der Waals surface area contributed by atoms with Crippen molar-refractivity contribution in [1.29, 1.82) is 0 Å². The number of fused-ring (bicyclic) bond motifs is 1. The zero-order valence-corrected chi connectivity index (χ0v) is 20.1. The van der Waals surface area contributed by atoms with Gasteiger partial charge in [-0.25, -0.2) is 0 Å². The summed E-state index contributed by atoms with van der Waals surface area (Å²) in [4.78, 5) is 15.4. The van der Waals surface area contributed by atoms with Crippen LogP contribution in [0.5, 0.6) is 11.5 Å². The number of nitrogens with one attached hydrogen (secondary N) is 1. The molecule has 34 heavy (non-hydrogen) atoms. The fourth-order valence-electron chi connectivity index (χ4n) is 4.20. The Bertz CT molecular complexity index is 1130. The average Bonchev–Trinajstić information content (AvgIpc) is 3.47. The summed E-state index contributed by atoms with van der Waals surface area (Å²) in [5.74, 6) is 2.17. The van der Waals surface area contributed by atoms with Crippen LogP contribution in [0.1, 0.15) is 37.6 Å². The standard InChI is InChI=1S/C25H29N5O3S/c1-18(24(31)26-20-10-11-21-22(14-20)33-17-32-21)34-25-28-27-23(16-29-12-6-3-7-13-29)30(25)15-19-8-4-2-5-9-19/h2,4-5,8-11,14,18H,3,6-7,12-13,15-17H2,1H3,(H,26,31)/t18-/m1/s1. The predicted molar refractivity (Wildman–Crippen MR) is 131 cm³/mol. The molecule has 0 bridgehead atoms. The molecule has 5 rings (SSSR count). The first kappa shape index (κ1) is 22.7. The molecule has 1 amide bonds. The van der Waals surface area contributed by atoms with E-state index in [0.717, 1.165) is 30.6 Å². The molecule has 0 radical (unpaired) electrons. The van der Waals surface area contributed by atoms with Crippen molar-refractivity contribution < 1.29 is 14.3 Å². The van der Waals surface area contributed by atoms with Gasteiger partial charge in [-0.15, -0.1) is 10.2 Å². The van der Waals surface area contributed by atoms with Crippen molar-refractivity contribution in [3.8, 4) is 11.5 Å². The molecule has 2 aromatic carbocycles. The number of hydrogen-bond acceptors (Lipinski definition) is 7. The summed E-state index contributed by atoms with van der Waals surface area (Å²) in [6, 6.07) is 15.7. The molecule has 0 unspecified atom stereocenters. The smallest absolute Gasteiger partial charge is 0.237 e. The molecule has 0 spiro atoms. The summed E-state index contributed by atoms with van der Waals surface area (Å²) >= 11 is 1.43. The number of hydrogen-bond donors (Lipinski definition) is 1. The quantitative estimate of drug-likeness (QED) is 0.486. The number of nitrogens with zero attached hydrogens (tertiary/aromatic N) is 4. The molecular formula is C25H29N5O3S. The van der Waals surface area contributed by atoms with Crippen molar-refractivity contribution in [3.63, 3.8) is 0 Å². The van der Waals surface area contributed by atoms with Crippen molar-refractivity contribution >= 4 is 23.4 Å². The Labute approximate surface area is 203 Å². The molecule has 1 saturated heterocycles. The van der Waals surface area contributed by atoms with E-state index in [0.29, 0.717) is 23.7 Å². The molecule has 9 heteroatoms. The van der Waals surface area contributed by atoms with Crippen molar-refractivity contribution in [2.75, 3.05) is 25.2 Å².